The summed E-state index contributed by atoms with van der Waals surface area (Å²) in [6, 6.07) is 10.3. The predicted molar refractivity (Wildman–Crippen MR) is 89.2 cm³/mol. The highest BCUT2D eigenvalue weighted by molar-refractivity contribution is 5.39. The van der Waals surface area contributed by atoms with Crippen molar-refractivity contribution in [3.05, 3.63) is 54.1 Å². The lowest BCUT2D eigenvalue weighted by Crippen LogP contribution is -2.17. The number of aromatic nitrogens is 4. The fourth-order valence-corrected chi connectivity index (χ4v) is 3.08. The largest absolute Gasteiger partial charge is 0.477 e. The minimum atomic E-state index is 0.354. The first-order valence-electron chi connectivity index (χ1n) is 8.35. The van der Waals surface area contributed by atoms with Gasteiger partial charge in [0.25, 0.3) is 0 Å². The molecule has 0 bridgehead atoms. The van der Waals surface area contributed by atoms with Gasteiger partial charge >= 0.3 is 0 Å². The zero-order valence-electron chi connectivity index (χ0n) is 13.5. The van der Waals surface area contributed by atoms with Crippen LogP contribution in [0, 0.1) is 0 Å². The molecule has 124 valence electrons. The molecule has 6 heteroatoms. The lowest BCUT2D eigenvalue weighted by atomic mass is 10.00. The van der Waals surface area contributed by atoms with Crippen molar-refractivity contribution in [2.45, 2.75) is 25.2 Å². The third-order valence-corrected chi connectivity index (χ3v) is 4.38. The standard InChI is InChI=1S/C18H20N4O2/c1-2-4-14(5-3-1)6-11-24-17-13-19-12-16-20-21-18(22(16)17)15-7-9-23-10-8-15/h1-5,12-13,15H,6-11H2. The first kappa shape index (κ1) is 15.1. The Morgan fingerprint density at radius 1 is 1.08 bits per heavy atom. The fourth-order valence-electron chi connectivity index (χ4n) is 3.08. The van der Waals surface area contributed by atoms with E-state index in [0.29, 0.717) is 18.4 Å². The van der Waals surface area contributed by atoms with Crippen LogP contribution in [0.5, 0.6) is 5.88 Å². The summed E-state index contributed by atoms with van der Waals surface area (Å²) in [6.07, 6.45) is 6.25. The topological polar surface area (TPSA) is 61.5 Å². The summed E-state index contributed by atoms with van der Waals surface area (Å²) >= 11 is 0. The molecule has 1 saturated heterocycles. The second-order valence-electron chi connectivity index (χ2n) is 5.97. The summed E-state index contributed by atoms with van der Waals surface area (Å²) in [6.45, 7) is 2.14. The molecule has 3 heterocycles. The van der Waals surface area contributed by atoms with Gasteiger partial charge in [-0.1, -0.05) is 30.3 Å². The number of ether oxygens (including phenoxy) is 2. The van der Waals surface area contributed by atoms with Crippen LogP contribution in [0.4, 0.5) is 0 Å². The van der Waals surface area contributed by atoms with Crippen LogP contribution in [0.25, 0.3) is 5.65 Å². The quantitative estimate of drug-likeness (QED) is 0.722. The Hall–Kier alpha value is -2.47. The third-order valence-electron chi connectivity index (χ3n) is 4.38. The van der Waals surface area contributed by atoms with Crippen molar-refractivity contribution in [1.29, 1.82) is 0 Å². The highest BCUT2D eigenvalue weighted by Crippen LogP contribution is 2.28. The maximum absolute atomic E-state index is 6.00. The van der Waals surface area contributed by atoms with Crippen molar-refractivity contribution in [1.82, 2.24) is 19.6 Å². The second-order valence-corrected chi connectivity index (χ2v) is 5.97. The summed E-state index contributed by atoms with van der Waals surface area (Å²) in [5, 5.41) is 8.63. The van der Waals surface area contributed by atoms with Crippen molar-refractivity contribution in [3.8, 4) is 5.88 Å². The van der Waals surface area contributed by atoms with Crippen LogP contribution in [-0.2, 0) is 11.2 Å². The minimum absolute atomic E-state index is 0.354. The van der Waals surface area contributed by atoms with Crippen LogP contribution in [-0.4, -0.2) is 39.4 Å². The molecular weight excluding hydrogens is 304 g/mol. The second kappa shape index (κ2) is 6.97. The first-order chi connectivity index (χ1) is 11.9. The van der Waals surface area contributed by atoms with Gasteiger partial charge in [0.05, 0.1) is 19.0 Å². The zero-order valence-corrected chi connectivity index (χ0v) is 13.5. The number of benzene rings is 1. The van der Waals surface area contributed by atoms with E-state index in [1.54, 1.807) is 12.4 Å². The molecule has 0 aliphatic carbocycles. The highest BCUT2D eigenvalue weighted by Gasteiger charge is 2.23. The van der Waals surface area contributed by atoms with Gasteiger partial charge in [-0.25, -0.2) is 4.40 Å². The monoisotopic (exact) mass is 324 g/mol. The molecule has 1 aromatic carbocycles. The molecule has 1 fully saturated rings. The van der Waals surface area contributed by atoms with Gasteiger partial charge in [0, 0.05) is 25.6 Å². The number of hydrogen-bond acceptors (Lipinski definition) is 5. The molecule has 0 amide bonds. The van der Waals surface area contributed by atoms with Crippen LogP contribution in [0.2, 0.25) is 0 Å². The lowest BCUT2D eigenvalue weighted by molar-refractivity contribution is 0.0832. The molecule has 3 aromatic rings. The van der Waals surface area contributed by atoms with E-state index >= 15 is 0 Å². The Morgan fingerprint density at radius 2 is 1.92 bits per heavy atom. The van der Waals surface area contributed by atoms with Gasteiger partial charge in [0.15, 0.2) is 5.65 Å². The average molecular weight is 324 g/mol. The molecule has 0 unspecified atom stereocenters. The Balaban J connectivity index is 1.54. The van der Waals surface area contributed by atoms with Crippen LogP contribution in [0.1, 0.15) is 30.1 Å². The predicted octanol–water partition coefficient (Wildman–Crippen LogP) is 2.64. The molecule has 0 spiro atoms. The van der Waals surface area contributed by atoms with Gasteiger partial charge in [-0.2, -0.15) is 0 Å². The summed E-state index contributed by atoms with van der Waals surface area (Å²) in [5.41, 5.74) is 1.99. The van der Waals surface area contributed by atoms with E-state index in [-0.39, 0.29) is 0 Å². The number of nitrogens with zero attached hydrogens (tertiary/aromatic N) is 4. The van der Waals surface area contributed by atoms with E-state index in [0.717, 1.165) is 43.9 Å². The Kier molecular flexibility index (Phi) is 4.38. The van der Waals surface area contributed by atoms with Crippen molar-refractivity contribution in [3.63, 3.8) is 0 Å². The van der Waals surface area contributed by atoms with Crippen LogP contribution in [0.15, 0.2) is 42.7 Å². The third kappa shape index (κ3) is 3.10. The summed E-state index contributed by atoms with van der Waals surface area (Å²) < 4.78 is 13.4. The molecule has 0 atom stereocenters. The van der Waals surface area contributed by atoms with Crippen molar-refractivity contribution in [2.75, 3.05) is 19.8 Å². The van der Waals surface area contributed by atoms with E-state index in [9.17, 15) is 0 Å². The van der Waals surface area contributed by atoms with Gasteiger partial charge in [0.1, 0.15) is 5.82 Å². The number of rotatable bonds is 5. The highest BCUT2D eigenvalue weighted by atomic mass is 16.5. The molecule has 0 saturated carbocycles. The van der Waals surface area contributed by atoms with E-state index in [4.69, 9.17) is 9.47 Å². The van der Waals surface area contributed by atoms with Gasteiger partial charge < -0.3 is 9.47 Å². The summed E-state index contributed by atoms with van der Waals surface area (Å²) in [5.74, 6) is 2.01. The molecular formula is C18H20N4O2. The Morgan fingerprint density at radius 3 is 2.75 bits per heavy atom. The molecule has 0 N–H and O–H groups in total. The normalized spacial score (nSPS) is 15.7. The first-order valence-corrected chi connectivity index (χ1v) is 8.35. The number of hydrogen-bond donors (Lipinski definition) is 0. The maximum atomic E-state index is 6.00. The average Bonchev–Trinajstić information content (AvgIpc) is 3.08. The van der Waals surface area contributed by atoms with Gasteiger partial charge in [-0.15, -0.1) is 10.2 Å². The molecule has 1 aliphatic heterocycles. The van der Waals surface area contributed by atoms with Crippen molar-refractivity contribution >= 4 is 5.65 Å². The molecule has 4 rings (SSSR count). The van der Waals surface area contributed by atoms with E-state index in [2.05, 4.69) is 27.3 Å². The SMILES string of the molecule is c1ccc(CCOc2cncc3nnc(C4CCOCC4)n23)cc1. The molecule has 1 aliphatic rings. The molecule has 24 heavy (non-hydrogen) atoms. The fraction of sp³-hybridized carbons (Fsp3) is 0.389. The van der Waals surface area contributed by atoms with Gasteiger partial charge in [0.2, 0.25) is 5.88 Å². The van der Waals surface area contributed by atoms with Crippen molar-refractivity contribution < 1.29 is 9.47 Å². The van der Waals surface area contributed by atoms with E-state index in [1.165, 1.54) is 5.56 Å². The van der Waals surface area contributed by atoms with Crippen LogP contribution in [0.3, 0.4) is 0 Å². The van der Waals surface area contributed by atoms with Gasteiger partial charge in [-0.3, -0.25) is 4.98 Å². The molecule has 2 aromatic heterocycles. The molecule has 6 nitrogen and oxygen atoms in total. The van der Waals surface area contributed by atoms with Crippen LogP contribution >= 0.6 is 0 Å². The zero-order chi connectivity index (χ0) is 16.2. The maximum Gasteiger partial charge on any atom is 0.219 e. The summed E-state index contributed by atoms with van der Waals surface area (Å²) in [7, 11) is 0. The smallest absolute Gasteiger partial charge is 0.219 e. The van der Waals surface area contributed by atoms with Crippen LogP contribution < -0.4 is 4.74 Å². The van der Waals surface area contributed by atoms with E-state index in [1.807, 2.05) is 22.6 Å². The Bertz CT molecular complexity index is 797. The lowest BCUT2D eigenvalue weighted by Gasteiger charge is -2.21. The van der Waals surface area contributed by atoms with Gasteiger partial charge in [-0.05, 0) is 18.4 Å². The minimum Gasteiger partial charge on any atom is -0.477 e. The number of fused-ring (bicyclic) bond motifs is 1. The summed E-state index contributed by atoms with van der Waals surface area (Å²) in [4.78, 5) is 4.22. The Labute approximate surface area is 140 Å². The van der Waals surface area contributed by atoms with E-state index < -0.39 is 0 Å². The molecule has 0 radical (unpaired) electrons. The van der Waals surface area contributed by atoms with Crippen molar-refractivity contribution in [2.24, 2.45) is 0 Å².